The van der Waals surface area contributed by atoms with Gasteiger partial charge in [0.15, 0.2) is 0 Å². The number of ether oxygens (including phenoxy) is 1. The second-order valence-electron chi connectivity index (χ2n) is 9.03. The van der Waals surface area contributed by atoms with E-state index in [2.05, 4.69) is 5.32 Å². The summed E-state index contributed by atoms with van der Waals surface area (Å²) in [5.41, 5.74) is 8.65. The Hall–Kier alpha value is -3.48. The number of aliphatic hydroxyl groups excluding tert-OH is 1. The van der Waals surface area contributed by atoms with Crippen molar-refractivity contribution in [2.75, 3.05) is 0 Å². The largest absolute Gasteiger partial charge is 0.490 e. The van der Waals surface area contributed by atoms with Gasteiger partial charge in [0.2, 0.25) is 5.91 Å². The lowest BCUT2D eigenvalue weighted by atomic mass is 9.96. The number of carboxylic acid groups (broad SMARTS) is 1. The molecule has 9 nitrogen and oxygen atoms in total. The first-order valence-corrected chi connectivity index (χ1v) is 12.0. The second kappa shape index (κ2) is 12.9. The summed E-state index contributed by atoms with van der Waals surface area (Å²) in [7, 11) is 0. The molecule has 4 rings (SSSR count). The fourth-order valence-electron chi connectivity index (χ4n) is 4.48. The van der Waals surface area contributed by atoms with Crippen LogP contribution in [0.5, 0.6) is 0 Å². The summed E-state index contributed by atoms with van der Waals surface area (Å²) < 4.78 is 37.8. The highest BCUT2D eigenvalue weighted by Crippen LogP contribution is 2.35. The Morgan fingerprint density at radius 2 is 1.63 bits per heavy atom. The van der Waals surface area contributed by atoms with Crippen LogP contribution in [0.1, 0.15) is 36.0 Å². The van der Waals surface area contributed by atoms with E-state index in [1.807, 2.05) is 54.6 Å². The Labute approximate surface area is 217 Å². The van der Waals surface area contributed by atoms with Crippen LogP contribution in [0.2, 0.25) is 0 Å². The average Bonchev–Trinajstić information content (AvgIpc) is 3.35. The average molecular weight is 538 g/mol. The van der Waals surface area contributed by atoms with Crippen molar-refractivity contribution in [3.63, 3.8) is 0 Å². The van der Waals surface area contributed by atoms with E-state index in [4.69, 9.17) is 20.4 Å². The van der Waals surface area contributed by atoms with Crippen LogP contribution in [-0.4, -0.2) is 63.4 Å². The minimum Gasteiger partial charge on any atom is -0.475 e. The zero-order valence-electron chi connectivity index (χ0n) is 20.4. The van der Waals surface area contributed by atoms with Crippen LogP contribution in [0.25, 0.3) is 0 Å². The van der Waals surface area contributed by atoms with Gasteiger partial charge in [-0.05, 0) is 29.5 Å². The summed E-state index contributed by atoms with van der Waals surface area (Å²) in [6.07, 6.45) is -5.02. The third kappa shape index (κ3) is 7.53. The highest BCUT2D eigenvalue weighted by atomic mass is 19.4. The first kappa shape index (κ1) is 29.1. The molecule has 0 saturated carbocycles. The van der Waals surface area contributed by atoms with Crippen LogP contribution in [-0.2, 0) is 38.8 Å². The van der Waals surface area contributed by atoms with Crippen molar-refractivity contribution in [2.45, 2.75) is 69.4 Å². The maximum absolute atomic E-state index is 12.9. The highest BCUT2D eigenvalue weighted by molar-refractivity contribution is 5.90. The normalized spacial score (nSPS) is 22.8. The quantitative estimate of drug-likeness (QED) is 0.424. The van der Waals surface area contributed by atoms with Crippen LogP contribution >= 0.6 is 0 Å². The molecule has 2 heterocycles. The van der Waals surface area contributed by atoms with Gasteiger partial charge >= 0.3 is 12.1 Å². The number of carbonyl (C=O) groups excluding carboxylic acids is 2. The summed E-state index contributed by atoms with van der Waals surface area (Å²) >= 11 is 0. The van der Waals surface area contributed by atoms with Crippen molar-refractivity contribution < 1.29 is 42.5 Å². The van der Waals surface area contributed by atoms with Crippen molar-refractivity contribution in [1.29, 1.82) is 0 Å². The van der Waals surface area contributed by atoms with E-state index in [9.17, 15) is 27.9 Å². The number of amides is 2. The van der Waals surface area contributed by atoms with Gasteiger partial charge in [0, 0.05) is 19.5 Å². The summed E-state index contributed by atoms with van der Waals surface area (Å²) in [5, 5.41) is 20.4. The number of fused-ring (bicyclic) bond motifs is 1. The van der Waals surface area contributed by atoms with Crippen molar-refractivity contribution in [2.24, 2.45) is 5.73 Å². The number of aliphatic carboxylic acids is 1. The van der Waals surface area contributed by atoms with E-state index in [0.29, 0.717) is 32.5 Å². The number of nitrogens with two attached hydrogens (primary N) is 1. The molecule has 206 valence electrons. The predicted molar refractivity (Wildman–Crippen MR) is 129 cm³/mol. The molecule has 2 amide bonds. The molecule has 2 fully saturated rings. The molecule has 0 aromatic heterocycles. The number of benzene rings is 2. The van der Waals surface area contributed by atoms with Crippen molar-refractivity contribution in [1.82, 2.24) is 10.2 Å². The first-order valence-electron chi connectivity index (χ1n) is 12.0. The molecular formula is C26H30F3N3O6. The zero-order chi connectivity index (χ0) is 27.9. The van der Waals surface area contributed by atoms with E-state index < -0.39 is 24.3 Å². The molecule has 4 atom stereocenters. The maximum atomic E-state index is 12.9. The van der Waals surface area contributed by atoms with Gasteiger partial charge in [-0.25, -0.2) is 4.79 Å². The fraction of sp³-hybridized carbons (Fsp3) is 0.423. The summed E-state index contributed by atoms with van der Waals surface area (Å²) in [6, 6.07) is 16.8. The minimum absolute atomic E-state index is 0.195. The number of alkyl halides is 3. The molecular weight excluding hydrogens is 507 g/mol. The number of nitrogens with zero attached hydrogens (tertiary/aromatic N) is 1. The van der Waals surface area contributed by atoms with Crippen LogP contribution in [0.4, 0.5) is 13.2 Å². The number of hydrogen-bond donors (Lipinski definition) is 4. The third-order valence-electron chi connectivity index (χ3n) is 6.43. The van der Waals surface area contributed by atoms with Gasteiger partial charge in [-0.2, -0.15) is 13.2 Å². The molecule has 2 aromatic carbocycles. The Kier molecular flexibility index (Phi) is 9.84. The van der Waals surface area contributed by atoms with Gasteiger partial charge in [-0.3, -0.25) is 9.59 Å². The summed E-state index contributed by atoms with van der Waals surface area (Å²) in [4.78, 5) is 36.1. The van der Waals surface area contributed by atoms with Crippen molar-refractivity contribution >= 4 is 17.8 Å². The van der Waals surface area contributed by atoms with Gasteiger partial charge in [-0.1, -0.05) is 54.6 Å². The summed E-state index contributed by atoms with van der Waals surface area (Å²) in [6.45, 7) is 1.26. The molecule has 0 spiro atoms. The van der Waals surface area contributed by atoms with Gasteiger partial charge in [0.25, 0.3) is 5.91 Å². The van der Waals surface area contributed by atoms with Crippen LogP contribution < -0.4 is 11.1 Å². The maximum Gasteiger partial charge on any atom is 0.490 e. The topological polar surface area (TPSA) is 142 Å². The molecule has 5 N–H and O–H groups in total. The number of hydrogen-bond acceptors (Lipinski definition) is 6. The van der Waals surface area contributed by atoms with E-state index in [1.54, 1.807) is 4.90 Å². The monoisotopic (exact) mass is 537 g/mol. The van der Waals surface area contributed by atoms with Gasteiger partial charge in [-0.15, -0.1) is 0 Å². The van der Waals surface area contributed by atoms with Gasteiger partial charge in [0.1, 0.15) is 12.1 Å². The molecule has 0 aliphatic carbocycles. The van der Waals surface area contributed by atoms with E-state index >= 15 is 0 Å². The SMILES string of the molecule is NCc1ccc(CNC(=O)[C@@H]2CC[C@H]3[C@@H](OCc4ccccc4)C[C@H](O)C(=O)N23)cc1.O=C(O)C(F)(F)F. The lowest BCUT2D eigenvalue weighted by molar-refractivity contribution is -0.192. The third-order valence-corrected chi connectivity index (χ3v) is 6.43. The number of halogens is 3. The molecule has 2 aliphatic heterocycles. The predicted octanol–water partition coefficient (Wildman–Crippen LogP) is 2.10. The molecule has 0 bridgehead atoms. The lowest BCUT2D eigenvalue weighted by Gasteiger charge is -2.40. The van der Waals surface area contributed by atoms with E-state index in [1.165, 1.54) is 0 Å². The molecule has 12 heteroatoms. The number of carboxylic acids is 1. The lowest BCUT2D eigenvalue weighted by Crippen LogP contribution is -2.59. The molecule has 2 saturated heterocycles. The molecule has 2 aliphatic rings. The molecule has 38 heavy (non-hydrogen) atoms. The van der Waals surface area contributed by atoms with Gasteiger partial charge < -0.3 is 30.9 Å². The highest BCUT2D eigenvalue weighted by Gasteiger charge is 2.50. The van der Waals surface area contributed by atoms with Crippen LogP contribution in [0.3, 0.4) is 0 Å². The number of piperidine rings is 1. The Balaban J connectivity index is 0.000000505. The van der Waals surface area contributed by atoms with E-state index in [0.717, 1.165) is 16.7 Å². The summed E-state index contributed by atoms with van der Waals surface area (Å²) in [5.74, 6) is -3.34. The smallest absolute Gasteiger partial charge is 0.475 e. The number of carbonyl (C=O) groups is 3. The minimum atomic E-state index is -5.08. The van der Waals surface area contributed by atoms with Crippen molar-refractivity contribution in [3.8, 4) is 0 Å². The Morgan fingerprint density at radius 3 is 2.21 bits per heavy atom. The number of nitrogens with one attached hydrogen (secondary N) is 1. The standard InChI is InChI=1S/C24H29N3O4.C2HF3O2/c25-13-16-6-8-17(9-7-16)14-26-23(29)20-11-10-19-22(12-21(28)24(30)27(19)20)31-15-18-4-2-1-3-5-18;3-2(4,5)1(6)7/h1-9,19-22,28H,10-15,25H2,(H,26,29);(H,6,7)/t19-,20-,21-,22-;/m0./s1. The Morgan fingerprint density at radius 1 is 1.03 bits per heavy atom. The zero-order valence-corrected chi connectivity index (χ0v) is 20.4. The van der Waals surface area contributed by atoms with Crippen LogP contribution in [0.15, 0.2) is 54.6 Å². The fourth-order valence-corrected chi connectivity index (χ4v) is 4.48. The van der Waals surface area contributed by atoms with Crippen LogP contribution in [0, 0.1) is 0 Å². The number of aliphatic hydroxyl groups is 1. The van der Waals surface area contributed by atoms with E-state index in [-0.39, 0.29) is 30.4 Å². The first-order chi connectivity index (χ1) is 18.0. The van der Waals surface area contributed by atoms with Gasteiger partial charge in [0.05, 0.1) is 18.8 Å². The second-order valence-corrected chi connectivity index (χ2v) is 9.03. The molecule has 0 unspecified atom stereocenters. The van der Waals surface area contributed by atoms with Crippen molar-refractivity contribution in [3.05, 3.63) is 71.3 Å². The molecule has 2 aromatic rings. The Bertz CT molecular complexity index is 1100. The molecule has 0 radical (unpaired) electrons. The number of rotatable bonds is 7.